The zero-order valence-electron chi connectivity index (χ0n) is 20.9. The molecule has 1 heterocycles. The molecule has 2 aromatic carbocycles. The van der Waals surface area contributed by atoms with Crippen LogP contribution in [0.5, 0.6) is 0 Å². The van der Waals surface area contributed by atoms with Crippen molar-refractivity contribution in [2.24, 2.45) is 5.73 Å². The van der Waals surface area contributed by atoms with Crippen molar-refractivity contribution in [1.82, 2.24) is 20.4 Å². The molecule has 1 fully saturated rings. The number of esters is 1. The Balaban J connectivity index is 1.80. The molecule has 1 saturated heterocycles. The van der Waals surface area contributed by atoms with Gasteiger partial charge in [-0.15, -0.1) is 0 Å². The number of carbonyl (C=O) groups is 4. The van der Waals surface area contributed by atoms with Gasteiger partial charge in [-0.2, -0.15) is 0 Å². The summed E-state index contributed by atoms with van der Waals surface area (Å²) in [6, 6.07) is 13.0. The van der Waals surface area contributed by atoms with Gasteiger partial charge in [-0.25, -0.2) is 4.79 Å². The Morgan fingerprint density at radius 2 is 1.92 bits per heavy atom. The predicted molar refractivity (Wildman–Crippen MR) is 136 cm³/mol. The number of ether oxygens (including phenoxy) is 1. The highest BCUT2D eigenvalue weighted by molar-refractivity contribution is 5.87. The minimum atomic E-state index is -1.01. The van der Waals surface area contributed by atoms with Crippen molar-refractivity contribution in [2.45, 2.75) is 38.4 Å². The first-order chi connectivity index (χ1) is 17.3. The number of amides is 3. The average molecular weight is 498 g/mol. The fourth-order valence-corrected chi connectivity index (χ4v) is 4.65. The third-order valence-electron chi connectivity index (χ3n) is 6.36. The van der Waals surface area contributed by atoms with Crippen LogP contribution in [0.2, 0.25) is 0 Å². The smallest absolute Gasteiger partial charge is 0.330 e. The Morgan fingerprint density at radius 3 is 2.64 bits per heavy atom. The maximum atomic E-state index is 13.1. The van der Waals surface area contributed by atoms with E-state index in [-0.39, 0.29) is 43.4 Å². The summed E-state index contributed by atoms with van der Waals surface area (Å²) in [5.74, 6) is -1.45. The maximum Gasteiger partial charge on any atom is 0.330 e. The standard InChI is InChI=1S/C26H35N5O5/c1-18(32)28-14-23(26(35)36-2)29-24(33)17-30(16-21-10-6-12-31(21)25(34)13-27)15-20-9-5-8-19-7-3-4-11-22(19)20/h3-5,7-9,11,21,23H,6,10,12-17,27H2,1-2H3,(H,28,32)(H,29,33)/t21-,23-/m0/s1. The minimum Gasteiger partial charge on any atom is -0.467 e. The van der Waals surface area contributed by atoms with Gasteiger partial charge in [-0.3, -0.25) is 19.3 Å². The summed E-state index contributed by atoms with van der Waals surface area (Å²) in [6.45, 7) is 2.82. The second kappa shape index (κ2) is 13.0. The molecule has 0 aromatic heterocycles. The highest BCUT2D eigenvalue weighted by atomic mass is 16.5. The molecule has 36 heavy (non-hydrogen) atoms. The predicted octanol–water partition coefficient (Wildman–Crippen LogP) is 0.385. The topological polar surface area (TPSA) is 134 Å². The van der Waals surface area contributed by atoms with Crippen LogP contribution >= 0.6 is 0 Å². The number of methoxy groups -OCH3 is 1. The largest absolute Gasteiger partial charge is 0.467 e. The van der Waals surface area contributed by atoms with Crippen molar-refractivity contribution in [1.29, 1.82) is 0 Å². The van der Waals surface area contributed by atoms with E-state index in [2.05, 4.69) is 10.6 Å². The van der Waals surface area contributed by atoms with Gasteiger partial charge in [0.15, 0.2) is 0 Å². The van der Waals surface area contributed by atoms with Crippen LogP contribution in [0.25, 0.3) is 10.8 Å². The quantitative estimate of drug-likeness (QED) is 0.382. The number of nitrogens with zero attached hydrogens (tertiary/aromatic N) is 2. The van der Waals surface area contributed by atoms with E-state index in [0.29, 0.717) is 19.6 Å². The lowest BCUT2D eigenvalue weighted by molar-refractivity contribution is -0.145. The molecule has 0 spiro atoms. The van der Waals surface area contributed by atoms with E-state index in [1.54, 1.807) is 4.90 Å². The van der Waals surface area contributed by atoms with Crippen molar-refractivity contribution in [3.8, 4) is 0 Å². The molecule has 3 rings (SSSR count). The van der Waals surface area contributed by atoms with Gasteiger partial charge in [0.05, 0.1) is 20.2 Å². The molecule has 0 unspecified atom stereocenters. The molecule has 0 aliphatic carbocycles. The van der Waals surface area contributed by atoms with Crippen LogP contribution in [0.3, 0.4) is 0 Å². The third kappa shape index (κ3) is 7.25. The lowest BCUT2D eigenvalue weighted by Crippen LogP contribution is -2.52. The highest BCUT2D eigenvalue weighted by Crippen LogP contribution is 2.23. The molecule has 0 saturated carbocycles. The Kier molecular flexibility index (Phi) is 9.77. The van der Waals surface area contributed by atoms with Crippen molar-refractivity contribution in [2.75, 3.05) is 39.8 Å². The van der Waals surface area contributed by atoms with Crippen molar-refractivity contribution < 1.29 is 23.9 Å². The Hall–Kier alpha value is -3.50. The summed E-state index contributed by atoms with van der Waals surface area (Å²) in [6.07, 6.45) is 1.71. The fraction of sp³-hybridized carbons (Fsp3) is 0.462. The van der Waals surface area contributed by atoms with E-state index >= 15 is 0 Å². The normalized spacial score (nSPS) is 16.1. The SMILES string of the molecule is COC(=O)[C@H](CNC(C)=O)NC(=O)CN(Cc1cccc2ccccc12)C[C@@H]1CCCN1C(=O)CN. The summed E-state index contributed by atoms with van der Waals surface area (Å²) in [5.41, 5.74) is 6.67. The average Bonchev–Trinajstić information content (AvgIpc) is 3.33. The Labute approximate surface area is 211 Å². The van der Waals surface area contributed by atoms with Crippen molar-refractivity contribution in [3.63, 3.8) is 0 Å². The number of hydrogen-bond acceptors (Lipinski definition) is 7. The van der Waals surface area contributed by atoms with E-state index in [1.165, 1.54) is 14.0 Å². The number of carbonyl (C=O) groups excluding carboxylic acids is 4. The van der Waals surface area contributed by atoms with Gasteiger partial charge in [0, 0.05) is 39.1 Å². The van der Waals surface area contributed by atoms with Crippen LogP contribution in [0, 0.1) is 0 Å². The summed E-state index contributed by atoms with van der Waals surface area (Å²) < 4.78 is 4.78. The van der Waals surface area contributed by atoms with Gasteiger partial charge in [0.1, 0.15) is 6.04 Å². The van der Waals surface area contributed by atoms with E-state index in [9.17, 15) is 19.2 Å². The first-order valence-corrected chi connectivity index (χ1v) is 12.1. The highest BCUT2D eigenvalue weighted by Gasteiger charge is 2.31. The molecule has 194 valence electrons. The lowest BCUT2D eigenvalue weighted by Gasteiger charge is -2.31. The molecule has 0 radical (unpaired) electrons. The number of fused-ring (bicyclic) bond motifs is 1. The van der Waals surface area contributed by atoms with Crippen LogP contribution in [-0.2, 0) is 30.5 Å². The molecule has 10 nitrogen and oxygen atoms in total. The molecule has 2 aromatic rings. The second-order valence-corrected chi connectivity index (χ2v) is 8.98. The van der Waals surface area contributed by atoms with Crippen molar-refractivity contribution >= 4 is 34.5 Å². The van der Waals surface area contributed by atoms with E-state index in [0.717, 1.165) is 29.2 Å². The summed E-state index contributed by atoms with van der Waals surface area (Å²) in [5, 5.41) is 7.40. The van der Waals surface area contributed by atoms with Crippen LogP contribution in [0.4, 0.5) is 0 Å². The first kappa shape index (κ1) is 27.1. The number of benzene rings is 2. The number of nitrogens with two attached hydrogens (primary N) is 1. The molecule has 2 atom stereocenters. The van der Waals surface area contributed by atoms with E-state index < -0.39 is 12.0 Å². The molecule has 0 bridgehead atoms. The summed E-state index contributed by atoms with van der Waals surface area (Å²) in [7, 11) is 1.23. The van der Waals surface area contributed by atoms with Crippen LogP contribution in [0.1, 0.15) is 25.3 Å². The van der Waals surface area contributed by atoms with Gasteiger partial charge in [-0.1, -0.05) is 42.5 Å². The maximum absolute atomic E-state index is 13.1. The fourth-order valence-electron chi connectivity index (χ4n) is 4.65. The monoisotopic (exact) mass is 497 g/mol. The Morgan fingerprint density at radius 1 is 1.17 bits per heavy atom. The first-order valence-electron chi connectivity index (χ1n) is 12.1. The molecule has 1 aliphatic heterocycles. The molecule has 3 amide bonds. The van der Waals surface area contributed by atoms with Crippen molar-refractivity contribution in [3.05, 3.63) is 48.0 Å². The van der Waals surface area contributed by atoms with Gasteiger partial charge in [-0.05, 0) is 29.2 Å². The zero-order valence-corrected chi connectivity index (χ0v) is 20.9. The van der Waals surface area contributed by atoms with Gasteiger partial charge >= 0.3 is 5.97 Å². The summed E-state index contributed by atoms with van der Waals surface area (Å²) >= 11 is 0. The van der Waals surface area contributed by atoms with Gasteiger partial charge in [0.25, 0.3) is 0 Å². The number of rotatable bonds is 11. The minimum absolute atomic E-state index is 0.00204. The molecule has 10 heteroatoms. The zero-order chi connectivity index (χ0) is 26.1. The van der Waals surface area contributed by atoms with Crippen LogP contribution in [0.15, 0.2) is 42.5 Å². The van der Waals surface area contributed by atoms with Gasteiger partial charge < -0.3 is 26.0 Å². The number of nitrogens with one attached hydrogen (secondary N) is 2. The number of likely N-dealkylation sites (tertiary alicyclic amines) is 1. The Bertz CT molecular complexity index is 1090. The number of hydrogen-bond donors (Lipinski definition) is 3. The molecular weight excluding hydrogens is 462 g/mol. The summed E-state index contributed by atoms with van der Waals surface area (Å²) in [4.78, 5) is 52.7. The second-order valence-electron chi connectivity index (χ2n) is 8.98. The van der Waals surface area contributed by atoms with E-state index in [1.807, 2.05) is 47.4 Å². The molecule has 1 aliphatic rings. The lowest BCUT2D eigenvalue weighted by atomic mass is 10.0. The molecular formula is C26H35N5O5. The van der Waals surface area contributed by atoms with Gasteiger partial charge in [0.2, 0.25) is 17.7 Å². The van der Waals surface area contributed by atoms with E-state index in [4.69, 9.17) is 10.5 Å². The van der Waals surface area contributed by atoms with Crippen LogP contribution < -0.4 is 16.4 Å². The third-order valence-corrected chi connectivity index (χ3v) is 6.36. The molecule has 4 N–H and O–H groups in total. The van der Waals surface area contributed by atoms with Crippen LogP contribution in [-0.4, -0.2) is 85.4 Å².